The van der Waals surface area contributed by atoms with Crippen molar-refractivity contribution in [1.82, 2.24) is 4.98 Å². The topological polar surface area (TPSA) is 68.3 Å². The molecule has 6 heteroatoms. The molecule has 0 aliphatic heterocycles. The highest BCUT2D eigenvalue weighted by atomic mass is 32.1. The summed E-state index contributed by atoms with van der Waals surface area (Å²) in [5.41, 5.74) is 0.151. The average molecular weight is 256 g/mol. The maximum Gasteiger partial charge on any atom is 0.413 e. The summed E-state index contributed by atoms with van der Waals surface area (Å²) < 4.78 is 5.10. The third-order valence-corrected chi connectivity index (χ3v) is 2.71. The Hall–Kier alpha value is -1.43. The number of amides is 1. The Balaban J connectivity index is 2.66. The fourth-order valence-corrected chi connectivity index (χ4v) is 1.97. The molecule has 1 aromatic heterocycles. The third kappa shape index (κ3) is 4.52. The molecule has 94 valence electrons. The predicted octanol–water partition coefficient (Wildman–Crippen LogP) is 2.54. The van der Waals surface area contributed by atoms with Crippen LogP contribution < -0.4 is 5.32 Å². The summed E-state index contributed by atoms with van der Waals surface area (Å²) in [4.78, 5) is 26.9. The van der Waals surface area contributed by atoms with E-state index in [-0.39, 0.29) is 6.42 Å². The van der Waals surface area contributed by atoms with E-state index >= 15 is 0 Å². The fraction of sp³-hybridized carbons (Fsp3) is 0.545. The van der Waals surface area contributed by atoms with Gasteiger partial charge in [0.1, 0.15) is 11.9 Å². The van der Waals surface area contributed by atoms with Crippen LogP contribution in [0.2, 0.25) is 0 Å². The first-order valence-electron chi connectivity index (χ1n) is 5.22. The van der Waals surface area contributed by atoms with E-state index in [1.54, 1.807) is 20.8 Å². The Morgan fingerprint density at radius 2 is 2.18 bits per heavy atom. The van der Waals surface area contributed by atoms with E-state index in [4.69, 9.17) is 4.74 Å². The van der Waals surface area contributed by atoms with Crippen LogP contribution in [0.3, 0.4) is 0 Å². The number of aryl methyl sites for hydroxylation is 1. The van der Waals surface area contributed by atoms with Crippen LogP contribution in [0.1, 0.15) is 31.3 Å². The number of aldehydes is 1. The van der Waals surface area contributed by atoms with Gasteiger partial charge in [-0.2, -0.15) is 0 Å². The van der Waals surface area contributed by atoms with E-state index in [1.165, 1.54) is 11.3 Å². The fourth-order valence-electron chi connectivity index (χ4n) is 1.14. The summed E-state index contributed by atoms with van der Waals surface area (Å²) in [6, 6.07) is 0. The predicted molar refractivity (Wildman–Crippen MR) is 66.5 cm³/mol. The summed E-state index contributed by atoms with van der Waals surface area (Å²) in [6.45, 7) is 7.23. The normalized spacial score (nSPS) is 11.1. The molecule has 0 radical (unpaired) electrons. The van der Waals surface area contributed by atoms with Gasteiger partial charge in [-0.25, -0.2) is 9.78 Å². The number of rotatable bonds is 3. The van der Waals surface area contributed by atoms with Crippen LogP contribution in [0.25, 0.3) is 0 Å². The molecule has 1 amide bonds. The van der Waals surface area contributed by atoms with Crippen LogP contribution in [-0.4, -0.2) is 23.0 Å². The van der Waals surface area contributed by atoms with Gasteiger partial charge in [-0.3, -0.25) is 5.32 Å². The van der Waals surface area contributed by atoms with Crippen molar-refractivity contribution in [3.8, 4) is 0 Å². The maximum atomic E-state index is 11.5. The molecule has 1 heterocycles. The molecule has 0 aliphatic rings. The zero-order valence-corrected chi connectivity index (χ0v) is 11.2. The van der Waals surface area contributed by atoms with Crippen LogP contribution in [0.15, 0.2) is 0 Å². The van der Waals surface area contributed by atoms with E-state index in [0.29, 0.717) is 10.8 Å². The van der Waals surface area contributed by atoms with Crippen LogP contribution in [0.4, 0.5) is 9.93 Å². The summed E-state index contributed by atoms with van der Waals surface area (Å²) in [5.74, 6) is 0. The number of anilines is 1. The van der Waals surface area contributed by atoms with Gasteiger partial charge in [-0.05, 0) is 27.7 Å². The number of ether oxygens (including phenoxy) is 1. The Morgan fingerprint density at radius 3 is 2.71 bits per heavy atom. The first-order valence-corrected chi connectivity index (χ1v) is 6.03. The van der Waals surface area contributed by atoms with Gasteiger partial charge in [0.15, 0.2) is 5.13 Å². The lowest BCUT2D eigenvalue weighted by Crippen LogP contribution is -2.27. The molecule has 0 atom stereocenters. The Bertz CT molecular complexity index is 421. The Kier molecular flexibility index (Phi) is 4.22. The van der Waals surface area contributed by atoms with Gasteiger partial charge < -0.3 is 9.53 Å². The van der Waals surface area contributed by atoms with E-state index in [9.17, 15) is 9.59 Å². The van der Waals surface area contributed by atoms with Crippen LogP contribution >= 0.6 is 11.3 Å². The highest BCUT2D eigenvalue weighted by Crippen LogP contribution is 2.22. The lowest BCUT2D eigenvalue weighted by molar-refractivity contribution is -0.107. The van der Waals surface area contributed by atoms with Crippen molar-refractivity contribution in [2.75, 3.05) is 5.32 Å². The Labute approximate surface area is 104 Å². The molecule has 0 saturated carbocycles. The number of hydrogen-bond donors (Lipinski definition) is 1. The number of carbonyl (C=O) groups is 2. The molecule has 1 rings (SSSR count). The molecule has 0 bridgehead atoms. The molecule has 0 unspecified atom stereocenters. The number of nitrogens with one attached hydrogen (secondary N) is 1. The quantitative estimate of drug-likeness (QED) is 0.844. The van der Waals surface area contributed by atoms with Crippen molar-refractivity contribution in [1.29, 1.82) is 0 Å². The van der Waals surface area contributed by atoms with E-state index in [2.05, 4.69) is 10.3 Å². The van der Waals surface area contributed by atoms with Crippen molar-refractivity contribution < 1.29 is 14.3 Å². The van der Waals surface area contributed by atoms with Gasteiger partial charge >= 0.3 is 6.09 Å². The maximum absolute atomic E-state index is 11.5. The van der Waals surface area contributed by atoms with E-state index in [1.807, 2.05) is 6.92 Å². The number of thiazole rings is 1. The standard InChI is InChI=1S/C11H16N2O3S/c1-7-8(5-6-14)12-9(17-7)13-10(15)16-11(2,3)4/h6H,5H2,1-4H3,(H,12,13,15). The Morgan fingerprint density at radius 1 is 1.53 bits per heavy atom. The second-order valence-corrected chi connectivity index (χ2v) is 5.72. The smallest absolute Gasteiger partial charge is 0.413 e. The SMILES string of the molecule is Cc1sc(NC(=O)OC(C)(C)C)nc1CC=O. The lowest BCUT2D eigenvalue weighted by atomic mass is 10.2. The van der Waals surface area contributed by atoms with Crippen molar-refractivity contribution in [2.24, 2.45) is 0 Å². The number of aromatic nitrogens is 1. The van der Waals surface area contributed by atoms with Crippen molar-refractivity contribution in [3.05, 3.63) is 10.6 Å². The molecule has 0 fully saturated rings. The van der Waals surface area contributed by atoms with Gasteiger partial charge in [0.2, 0.25) is 0 Å². The molecular weight excluding hydrogens is 240 g/mol. The van der Waals surface area contributed by atoms with Crippen molar-refractivity contribution >= 4 is 28.8 Å². The summed E-state index contributed by atoms with van der Waals surface area (Å²) in [7, 11) is 0. The minimum atomic E-state index is -0.540. The van der Waals surface area contributed by atoms with Gasteiger partial charge in [-0.1, -0.05) is 0 Å². The van der Waals surface area contributed by atoms with Crippen molar-refractivity contribution in [3.63, 3.8) is 0 Å². The zero-order chi connectivity index (χ0) is 13.1. The minimum absolute atomic E-state index is 0.262. The van der Waals surface area contributed by atoms with Crippen LogP contribution in [0, 0.1) is 6.92 Å². The van der Waals surface area contributed by atoms with E-state index in [0.717, 1.165) is 11.2 Å². The van der Waals surface area contributed by atoms with Crippen molar-refractivity contribution in [2.45, 2.75) is 39.7 Å². The second kappa shape index (κ2) is 5.27. The molecule has 1 N–H and O–H groups in total. The van der Waals surface area contributed by atoms with Gasteiger partial charge in [0.05, 0.1) is 5.69 Å². The minimum Gasteiger partial charge on any atom is -0.444 e. The molecule has 0 aliphatic carbocycles. The summed E-state index contributed by atoms with van der Waals surface area (Å²) in [6.07, 6.45) is 0.515. The highest BCUT2D eigenvalue weighted by Gasteiger charge is 2.17. The number of carbonyl (C=O) groups excluding carboxylic acids is 2. The average Bonchev–Trinajstić information content (AvgIpc) is 2.43. The van der Waals surface area contributed by atoms with Gasteiger partial charge in [-0.15, -0.1) is 11.3 Å². The monoisotopic (exact) mass is 256 g/mol. The molecule has 0 spiro atoms. The molecule has 1 aromatic rings. The molecule has 0 saturated heterocycles. The number of hydrogen-bond acceptors (Lipinski definition) is 5. The molecular formula is C11H16N2O3S. The number of nitrogens with zero attached hydrogens (tertiary/aromatic N) is 1. The largest absolute Gasteiger partial charge is 0.444 e. The zero-order valence-electron chi connectivity index (χ0n) is 10.4. The lowest BCUT2D eigenvalue weighted by Gasteiger charge is -2.18. The van der Waals surface area contributed by atoms with Gasteiger partial charge in [0.25, 0.3) is 0 Å². The molecule has 5 nitrogen and oxygen atoms in total. The first kappa shape index (κ1) is 13.6. The first-order chi connectivity index (χ1) is 7.81. The molecule has 17 heavy (non-hydrogen) atoms. The highest BCUT2D eigenvalue weighted by molar-refractivity contribution is 7.15. The summed E-state index contributed by atoms with van der Waals surface area (Å²) >= 11 is 1.33. The summed E-state index contributed by atoms with van der Waals surface area (Å²) in [5, 5.41) is 3.00. The van der Waals surface area contributed by atoms with Gasteiger partial charge in [0, 0.05) is 11.3 Å². The second-order valence-electron chi connectivity index (χ2n) is 4.52. The third-order valence-electron chi connectivity index (χ3n) is 1.78. The molecule has 0 aromatic carbocycles. The van der Waals surface area contributed by atoms with Crippen LogP contribution in [-0.2, 0) is 16.0 Å². The van der Waals surface area contributed by atoms with Crippen LogP contribution in [0.5, 0.6) is 0 Å². The van der Waals surface area contributed by atoms with E-state index < -0.39 is 11.7 Å².